The molecule has 1 unspecified atom stereocenters. The minimum atomic E-state index is 0.304. The van der Waals surface area contributed by atoms with Gasteiger partial charge in [0.2, 0.25) is 0 Å². The monoisotopic (exact) mass is 265 g/mol. The van der Waals surface area contributed by atoms with Crippen molar-refractivity contribution in [3.05, 3.63) is 23.8 Å². The van der Waals surface area contributed by atoms with Crippen LogP contribution in [0.3, 0.4) is 0 Å². The van der Waals surface area contributed by atoms with Gasteiger partial charge in [-0.15, -0.1) is 0 Å². The Morgan fingerprint density at radius 1 is 1.42 bits per heavy atom. The molecular weight excluding hydrogens is 242 g/mol. The third-order valence-electron chi connectivity index (χ3n) is 3.55. The summed E-state index contributed by atoms with van der Waals surface area (Å²) in [6.45, 7) is 5.58. The lowest BCUT2D eigenvalue weighted by Gasteiger charge is -2.32. The van der Waals surface area contributed by atoms with Crippen LogP contribution in [0.1, 0.15) is 25.3 Å². The zero-order chi connectivity index (χ0) is 13.7. The van der Waals surface area contributed by atoms with E-state index in [9.17, 15) is 5.11 Å². The van der Waals surface area contributed by atoms with Crippen molar-refractivity contribution in [3.8, 4) is 11.5 Å². The average Bonchev–Trinajstić information content (AvgIpc) is 2.42. The molecule has 1 fully saturated rings. The van der Waals surface area contributed by atoms with Gasteiger partial charge in [0.05, 0.1) is 13.2 Å². The Bertz CT molecular complexity index is 406. The number of likely N-dealkylation sites (tertiary alicyclic amines) is 1. The Morgan fingerprint density at radius 2 is 2.26 bits per heavy atom. The number of benzene rings is 1. The van der Waals surface area contributed by atoms with Gasteiger partial charge in [-0.2, -0.15) is 0 Å². The summed E-state index contributed by atoms with van der Waals surface area (Å²) >= 11 is 0. The molecule has 1 aromatic carbocycles. The Morgan fingerprint density at radius 3 is 2.95 bits per heavy atom. The first-order valence-corrected chi connectivity index (χ1v) is 6.92. The molecule has 1 N–H and O–H groups in total. The highest BCUT2D eigenvalue weighted by atomic mass is 16.5. The number of aromatic hydroxyl groups is 1. The summed E-state index contributed by atoms with van der Waals surface area (Å²) in [7, 11) is 1.60. The van der Waals surface area contributed by atoms with E-state index >= 15 is 0 Å². The first-order chi connectivity index (χ1) is 9.22. The summed E-state index contributed by atoms with van der Waals surface area (Å²) in [5.41, 5.74) is 0.943. The van der Waals surface area contributed by atoms with Crippen molar-refractivity contribution in [2.45, 2.75) is 32.4 Å². The van der Waals surface area contributed by atoms with Crippen LogP contribution in [0.25, 0.3) is 0 Å². The molecule has 2 rings (SSSR count). The number of ether oxygens (including phenoxy) is 2. The lowest BCUT2D eigenvalue weighted by molar-refractivity contribution is 0.00345. The molecule has 1 aliphatic heterocycles. The summed E-state index contributed by atoms with van der Waals surface area (Å²) < 4.78 is 10.8. The van der Waals surface area contributed by atoms with Gasteiger partial charge in [0.25, 0.3) is 0 Å². The molecule has 1 aliphatic rings. The van der Waals surface area contributed by atoms with Gasteiger partial charge >= 0.3 is 0 Å². The standard InChI is InChI=1S/C15H23NO3/c1-3-19-14-5-4-8-16(11-14)10-12-6-7-13(18-2)9-15(12)17/h6-7,9,14,17H,3-5,8,10-11H2,1-2H3. The van der Waals surface area contributed by atoms with Crippen LogP contribution in [-0.4, -0.2) is 42.9 Å². The third kappa shape index (κ3) is 3.85. The zero-order valence-corrected chi connectivity index (χ0v) is 11.8. The van der Waals surface area contributed by atoms with Crippen LogP contribution < -0.4 is 4.74 Å². The minimum Gasteiger partial charge on any atom is -0.507 e. The summed E-state index contributed by atoms with van der Waals surface area (Å²) in [6.07, 6.45) is 2.62. The first-order valence-electron chi connectivity index (χ1n) is 6.92. The normalized spacial score (nSPS) is 20.4. The first kappa shape index (κ1) is 14.2. The average molecular weight is 265 g/mol. The van der Waals surface area contributed by atoms with Crippen LogP contribution in [0, 0.1) is 0 Å². The van der Waals surface area contributed by atoms with Gasteiger partial charge in [0, 0.05) is 31.3 Å². The fourth-order valence-corrected chi connectivity index (χ4v) is 2.57. The highest BCUT2D eigenvalue weighted by molar-refractivity contribution is 5.39. The number of nitrogens with zero attached hydrogens (tertiary/aromatic N) is 1. The van der Waals surface area contributed by atoms with E-state index in [0.29, 0.717) is 17.6 Å². The Kier molecular flexibility index (Phi) is 5.05. The number of phenolic OH excluding ortho intramolecular Hbond substituents is 1. The molecule has 4 heteroatoms. The second kappa shape index (κ2) is 6.78. The van der Waals surface area contributed by atoms with Gasteiger partial charge < -0.3 is 14.6 Å². The molecule has 0 amide bonds. The molecule has 0 aliphatic carbocycles. The third-order valence-corrected chi connectivity index (χ3v) is 3.55. The summed E-state index contributed by atoms with van der Waals surface area (Å²) in [4.78, 5) is 2.34. The number of hydrogen-bond acceptors (Lipinski definition) is 4. The Labute approximate surface area is 114 Å². The summed E-state index contributed by atoms with van der Waals surface area (Å²) in [5.74, 6) is 0.991. The second-order valence-electron chi connectivity index (χ2n) is 4.95. The van der Waals surface area contributed by atoms with Crippen LogP contribution in [0.5, 0.6) is 11.5 Å². The fraction of sp³-hybridized carbons (Fsp3) is 0.600. The van der Waals surface area contributed by atoms with Crippen LogP contribution in [0.2, 0.25) is 0 Å². The molecule has 1 saturated heterocycles. The van der Waals surface area contributed by atoms with Crippen molar-refractivity contribution in [2.24, 2.45) is 0 Å². The van der Waals surface area contributed by atoms with Gasteiger partial charge in [0.1, 0.15) is 11.5 Å². The molecule has 0 spiro atoms. The molecule has 19 heavy (non-hydrogen) atoms. The van der Waals surface area contributed by atoms with Crippen LogP contribution in [-0.2, 0) is 11.3 Å². The van der Waals surface area contributed by atoms with Crippen molar-refractivity contribution in [2.75, 3.05) is 26.8 Å². The number of hydrogen-bond donors (Lipinski definition) is 1. The highest BCUT2D eigenvalue weighted by Gasteiger charge is 2.20. The minimum absolute atomic E-state index is 0.304. The van der Waals surface area contributed by atoms with Crippen molar-refractivity contribution in [1.82, 2.24) is 4.90 Å². The highest BCUT2D eigenvalue weighted by Crippen LogP contribution is 2.25. The van der Waals surface area contributed by atoms with E-state index in [2.05, 4.69) is 4.90 Å². The van der Waals surface area contributed by atoms with E-state index in [1.54, 1.807) is 13.2 Å². The van der Waals surface area contributed by atoms with Crippen LogP contribution >= 0.6 is 0 Å². The van der Waals surface area contributed by atoms with E-state index < -0.39 is 0 Å². The maximum atomic E-state index is 9.98. The molecule has 106 valence electrons. The number of phenols is 1. The van der Waals surface area contributed by atoms with Gasteiger partial charge in [-0.1, -0.05) is 6.07 Å². The van der Waals surface area contributed by atoms with E-state index in [0.717, 1.165) is 44.6 Å². The number of piperidine rings is 1. The molecule has 0 saturated carbocycles. The molecule has 1 aromatic rings. The Balaban J connectivity index is 1.96. The van der Waals surface area contributed by atoms with Gasteiger partial charge in [0.15, 0.2) is 0 Å². The van der Waals surface area contributed by atoms with E-state index in [1.165, 1.54) is 0 Å². The van der Waals surface area contributed by atoms with E-state index in [4.69, 9.17) is 9.47 Å². The lowest BCUT2D eigenvalue weighted by atomic mass is 10.1. The predicted octanol–water partition coefficient (Wildman–Crippen LogP) is 2.40. The van der Waals surface area contributed by atoms with E-state index in [1.807, 2.05) is 19.1 Å². The maximum absolute atomic E-state index is 9.98. The van der Waals surface area contributed by atoms with Gasteiger partial charge in [-0.3, -0.25) is 4.90 Å². The van der Waals surface area contributed by atoms with E-state index in [-0.39, 0.29) is 0 Å². The van der Waals surface area contributed by atoms with Gasteiger partial charge in [-0.25, -0.2) is 0 Å². The quantitative estimate of drug-likeness (QED) is 0.887. The molecule has 0 aromatic heterocycles. The summed E-state index contributed by atoms with van der Waals surface area (Å²) in [6, 6.07) is 5.48. The van der Waals surface area contributed by atoms with Gasteiger partial charge in [-0.05, 0) is 32.4 Å². The van der Waals surface area contributed by atoms with Crippen LogP contribution in [0.15, 0.2) is 18.2 Å². The number of rotatable bonds is 5. The van der Waals surface area contributed by atoms with Crippen molar-refractivity contribution < 1.29 is 14.6 Å². The summed E-state index contributed by atoms with van der Waals surface area (Å²) in [5, 5.41) is 9.98. The van der Waals surface area contributed by atoms with Crippen molar-refractivity contribution in [3.63, 3.8) is 0 Å². The zero-order valence-electron chi connectivity index (χ0n) is 11.8. The topological polar surface area (TPSA) is 41.9 Å². The molecule has 1 heterocycles. The lowest BCUT2D eigenvalue weighted by Crippen LogP contribution is -2.39. The SMILES string of the molecule is CCOC1CCCN(Cc2ccc(OC)cc2O)C1. The Hall–Kier alpha value is -1.26. The van der Waals surface area contributed by atoms with Crippen molar-refractivity contribution >= 4 is 0 Å². The van der Waals surface area contributed by atoms with Crippen LogP contribution in [0.4, 0.5) is 0 Å². The molecule has 4 nitrogen and oxygen atoms in total. The molecule has 0 bridgehead atoms. The largest absolute Gasteiger partial charge is 0.507 e. The second-order valence-corrected chi connectivity index (χ2v) is 4.95. The van der Waals surface area contributed by atoms with Crippen molar-refractivity contribution in [1.29, 1.82) is 0 Å². The molecular formula is C15H23NO3. The fourth-order valence-electron chi connectivity index (χ4n) is 2.57. The molecule has 0 radical (unpaired) electrons. The molecule has 1 atom stereocenters. The number of methoxy groups -OCH3 is 1. The smallest absolute Gasteiger partial charge is 0.123 e. The predicted molar refractivity (Wildman–Crippen MR) is 74.6 cm³/mol. The maximum Gasteiger partial charge on any atom is 0.123 e.